The zero-order chi connectivity index (χ0) is 8.60. The van der Waals surface area contributed by atoms with Crippen molar-refractivity contribution in [1.29, 1.82) is 0 Å². The molecule has 12 heavy (non-hydrogen) atoms. The van der Waals surface area contributed by atoms with E-state index in [2.05, 4.69) is 18.9 Å². The molecule has 0 radical (unpaired) electrons. The van der Waals surface area contributed by atoms with Gasteiger partial charge in [0.1, 0.15) is 0 Å². The maximum absolute atomic E-state index is 5.54. The highest BCUT2D eigenvalue weighted by molar-refractivity contribution is 4.95. The molecule has 2 heteroatoms. The van der Waals surface area contributed by atoms with Crippen molar-refractivity contribution in [2.75, 3.05) is 20.4 Å². The van der Waals surface area contributed by atoms with Crippen LogP contribution in [-0.2, 0) is 4.74 Å². The van der Waals surface area contributed by atoms with Gasteiger partial charge in [0.2, 0.25) is 0 Å². The number of hydrogen-bond acceptors (Lipinski definition) is 2. The van der Waals surface area contributed by atoms with E-state index in [9.17, 15) is 0 Å². The van der Waals surface area contributed by atoms with Crippen LogP contribution < -0.4 is 0 Å². The fourth-order valence-corrected chi connectivity index (χ4v) is 2.63. The number of rotatable bonds is 0. The molecule has 2 rings (SSSR count). The van der Waals surface area contributed by atoms with Crippen molar-refractivity contribution in [2.24, 2.45) is 5.92 Å². The SMILES string of the molecule is CN1COC[C@H]2CCCC[C@]21C. The van der Waals surface area contributed by atoms with Crippen LogP contribution in [0.15, 0.2) is 0 Å². The molecule has 2 aliphatic rings. The van der Waals surface area contributed by atoms with Gasteiger partial charge in [0.25, 0.3) is 0 Å². The molecule has 0 N–H and O–H groups in total. The third kappa shape index (κ3) is 1.17. The van der Waals surface area contributed by atoms with Gasteiger partial charge in [0, 0.05) is 11.5 Å². The van der Waals surface area contributed by atoms with Gasteiger partial charge in [-0.15, -0.1) is 0 Å². The van der Waals surface area contributed by atoms with Crippen molar-refractivity contribution in [3.63, 3.8) is 0 Å². The van der Waals surface area contributed by atoms with Gasteiger partial charge in [-0.05, 0) is 26.8 Å². The van der Waals surface area contributed by atoms with Crippen LogP contribution in [0.4, 0.5) is 0 Å². The van der Waals surface area contributed by atoms with Crippen molar-refractivity contribution >= 4 is 0 Å². The number of nitrogens with zero attached hydrogens (tertiary/aromatic N) is 1. The van der Waals surface area contributed by atoms with Crippen LogP contribution in [0.1, 0.15) is 32.6 Å². The maximum atomic E-state index is 5.54. The normalized spacial score (nSPS) is 44.0. The summed E-state index contributed by atoms with van der Waals surface area (Å²) in [5.74, 6) is 0.782. The fourth-order valence-electron chi connectivity index (χ4n) is 2.63. The standard InChI is InChI=1S/C10H19NO/c1-10-6-4-3-5-9(10)7-12-8-11(10)2/h9H,3-8H2,1-2H3/t9-,10-/m1/s1. The Bertz CT molecular complexity index is 169. The summed E-state index contributed by atoms with van der Waals surface area (Å²) in [6.45, 7) is 4.22. The van der Waals surface area contributed by atoms with Gasteiger partial charge in [-0.25, -0.2) is 0 Å². The highest BCUT2D eigenvalue weighted by Crippen LogP contribution is 2.39. The summed E-state index contributed by atoms with van der Waals surface area (Å²) in [5, 5.41) is 0. The van der Waals surface area contributed by atoms with Crippen molar-refractivity contribution in [3.8, 4) is 0 Å². The predicted octanol–water partition coefficient (Wildman–Crippen LogP) is 1.85. The van der Waals surface area contributed by atoms with E-state index in [1.807, 2.05) is 0 Å². The Morgan fingerprint density at radius 3 is 3.00 bits per heavy atom. The van der Waals surface area contributed by atoms with Crippen LogP contribution in [0.3, 0.4) is 0 Å². The highest BCUT2D eigenvalue weighted by Gasteiger charge is 2.42. The Hall–Kier alpha value is -0.0800. The van der Waals surface area contributed by atoms with E-state index in [0.29, 0.717) is 5.54 Å². The lowest BCUT2D eigenvalue weighted by atomic mass is 9.73. The molecule has 0 aromatic rings. The Labute approximate surface area is 74.9 Å². The molecular formula is C10H19NO. The van der Waals surface area contributed by atoms with Gasteiger partial charge >= 0.3 is 0 Å². The fraction of sp³-hybridized carbons (Fsp3) is 1.00. The molecule has 2 atom stereocenters. The molecule has 0 bridgehead atoms. The molecule has 0 aromatic heterocycles. The van der Waals surface area contributed by atoms with E-state index < -0.39 is 0 Å². The third-order valence-electron chi connectivity index (χ3n) is 3.84. The van der Waals surface area contributed by atoms with Gasteiger partial charge in [-0.3, -0.25) is 4.90 Å². The molecule has 1 saturated heterocycles. The molecule has 1 aliphatic carbocycles. The second kappa shape index (κ2) is 3.00. The lowest BCUT2D eigenvalue weighted by Gasteiger charge is -2.50. The molecule has 1 saturated carbocycles. The zero-order valence-corrected chi connectivity index (χ0v) is 8.18. The first-order chi connectivity index (χ1) is 5.73. The summed E-state index contributed by atoms with van der Waals surface area (Å²) in [5.41, 5.74) is 0.441. The summed E-state index contributed by atoms with van der Waals surface area (Å²) in [4.78, 5) is 2.39. The van der Waals surface area contributed by atoms with E-state index in [1.165, 1.54) is 25.7 Å². The Morgan fingerprint density at radius 2 is 2.25 bits per heavy atom. The average Bonchev–Trinajstić information content (AvgIpc) is 2.07. The Kier molecular flexibility index (Phi) is 2.13. The van der Waals surface area contributed by atoms with E-state index in [0.717, 1.165) is 19.3 Å². The summed E-state index contributed by atoms with van der Waals surface area (Å²) < 4.78 is 5.54. The van der Waals surface area contributed by atoms with Crippen molar-refractivity contribution in [1.82, 2.24) is 4.90 Å². The Balaban J connectivity index is 2.14. The van der Waals surface area contributed by atoms with Gasteiger partial charge in [-0.2, -0.15) is 0 Å². The summed E-state index contributed by atoms with van der Waals surface area (Å²) in [7, 11) is 2.19. The largest absolute Gasteiger partial charge is 0.366 e. The van der Waals surface area contributed by atoms with E-state index in [-0.39, 0.29) is 0 Å². The number of hydrogen-bond donors (Lipinski definition) is 0. The lowest BCUT2D eigenvalue weighted by Crippen LogP contribution is -2.57. The molecule has 0 unspecified atom stereocenters. The zero-order valence-electron chi connectivity index (χ0n) is 8.18. The number of ether oxygens (including phenoxy) is 1. The molecular weight excluding hydrogens is 150 g/mol. The molecule has 2 fully saturated rings. The molecule has 1 heterocycles. The topological polar surface area (TPSA) is 12.5 Å². The monoisotopic (exact) mass is 169 g/mol. The molecule has 2 nitrogen and oxygen atoms in total. The van der Waals surface area contributed by atoms with Gasteiger partial charge < -0.3 is 4.74 Å². The Morgan fingerprint density at radius 1 is 1.42 bits per heavy atom. The second-order valence-electron chi connectivity index (χ2n) is 4.50. The van der Waals surface area contributed by atoms with E-state index in [4.69, 9.17) is 4.74 Å². The second-order valence-corrected chi connectivity index (χ2v) is 4.50. The van der Waals surface area contributed by atoms with Crippen molar-refractivity contribution in [3.05, 3.63) is 0 Å². The maximum Gasteiger partial charge on any atom is 0.0992 e. The van der Waals surface area contributed by atoms with Gasteiger partial charge in [0.15, 0.2) is 0 Å². The van der Waals surface area contributed by atoms with Crippen LogP contribution in [0.5, 0.6) is 0 Å². The first-order valence-corrected chi connectivity index (χ1v) is 5.02. The smallest absolute Gasteiger partial charge is 0.0992 e. The van der Waals surface area contributed by atoms with Crippen molar-refractivity contribution < 1.29 is 4.74 Å². The molecule has 0 amide bonds. The average molecular weight is 169 g/mol. The van der Waals surface area contributed by atoms with E-state index in [1.54, 1.807) is 0 Å². The van der Waals surface area contributed by atoms with Gasteiger partial charge in [-0.1, -0.05) is 12.8 Å². The molecule has 70 valence electrons. The van der Waals surface area contributed by atoms with Crippen LogP contribution in [-0.4, -0.2) is 30.8 Å². The molecule has 1 aliphatic heterocycles. The minimum atomic E-state index is 0.441. The number of fused-ring (bicyclic) bond motifs is 1. The third-order valence-corrected chi connectivity index (χ3v) is 3.84. The van der Waals surface area contributed by atoms with Gasteiger partial charge in [0.05, 0.1) is 13.3 Å². The highest BCUT2D eigenvalue weighted by atomic mass is 16.5. The molecule has 0 aromatic carbocycles. The summed E-state index contributed by atoms with van der Waals surface area (Å²) >= 11 is 0. The van der Waals surface area contributed by atoms with Crippen molar-refractivity contribution in [2.45, 2.75) is 38.1 Å². The minimum Gasteiger partial charge on any atom is -0.366 e. The van der Waals surface area contributed by atoms with Crippen LogP contribution >= 0.6 is 0 Å². The first kappa shape index (κ1) is 8.52. The first-order valence-electron chi connectivity index (χ1n) is 5.02. The lowest BCUT2D eigenvalue weighted by molar-refractivity contribution is -0.130. The summed E-state index contributed by atoms with van der Waals surface area (Å²) in [6, 6.07) is 0. The predicted molar refractivity (Wildman–Crippen MR) is 48.9 cm³/mol. The minimum absolute atomic E-state index is 0.441. The summed E-state index contributed by atoms with van der Waals surface area (Å²) in [6.07, 6.45) is 5.52. The van der Waals surface area contributed by atoms with Crippen LogP contribution in [0.25, 0.3) is 0 Å². The quantitative estimate of drug-likeness (QED) is 0.549. The van der Waals surface area contributed by atoms with Crippen LogP contribution in [0.2, 0.25) is 0 Å². The molecule has 0 spiro atoms. The van der Waals surface area contributed by atoms with Crippen LogP contribution in [0, 0.1) is 5.92 Å². The van der Waals surface area contributed by atoms with E-state index >= 15 is 0 Å².